The van der Waals surface area contributed by atoms with Crippen LogP contribution in [0, 0.1) is 25.2 Å². The first kappa shape index (κ1) is 20.9. The molecule has 1 aliphatic heterocycles. The fourth-order valence-electron chi connectivity index (χ4n) is 4.63. The Kier molecular flexibility index (Phi) is 6.18. The summed E-state index contributed by atoms with van der Waals surface area (Å²) >= 11 is 0. The van der Waals surface area contributed by atoms with Crippen LogP contribution in [-0.4, -0.2) is 27.1 Å². The first-order valence-corrected chi connectivity index (χ1v) is 10.9. The Bertz CT molecular complexity index is 1110. The van der Waals surface area contributed by atoms with E-state index in [4.69, 9.17) is 5.26 Å². The van der Waals surface area contributed by atoms with Crippen LogP contribution in [0.25, 0.3) is 0 Å². The van der Waals surface area contributed by atoms with Crippen molar-refractivity contribution in [3.63, 3.8) is 0 Å². The maximum atomic E-state index is 13.2. The highest BCUT2D eigenvalue weighted by atomic mass is 16.2. The van der Waals surface area contributed by atoms with Crippen LogP contribution >= 0.6 is 0 Å². The number of amides is 1. The molecule has 0 N–H and O–H groups in total. The minimum atomic E-state index is 0.180. The fraction of sp³-hybridized carbons (Fsp3) is 0.346. The van der Waals surface area contributed by atoms with Crippen molar-refractivity contribution in [2.24, 2.45) is 0 Å². The van der Waals surface area contributed by atoms with Gasteiger partial charge >= 0.3 is 0 Å². The molecule has 2 aromatic carbocycles. The van der Waals surface area contributed by atoms with Crippen molar-refractivity contribution < 1.29 is 4.79 Å². The Hall–Kier alpha value is -3.39. The quantitative estimate of drug-likeness (QED) is 0.598. The highest BCUT2D eigenvalue weighted by molar-refractivity contribution is 5.77. The van der Waals surface area contributed by atoms with Gasteiger partial charge in [-0.05, 0) is 42.5 Å². The van der Waals surface area contributed by atoms with Gasteiger partial charge in [0, 0.05) is 31.1 Å². The van der Waals surface area contributed by atoms with E-state index in [1.54, 1.807) is 0 Å². The SMILES string of the molecule is Cc1nn(CCC#N)c(C)c1CCC(=O)N1Cc2ccccc2[C@@H](c2ccccc2)C1. The van der Waals surface area contributed by atoms with Gasteiger partial charge in [-0.15, -0.1) is 0 Å². The third-order valence-corrected chi connectivity index (χ3v) is 6.30. The van der Waals surface area contributed by atoms with Crippen LogP contribution in [0.1, 0.15) is 52.4 Å². The summed E-state index contributed by atoms with van der Waals surface area (Å²) in [6, 6.07) is 21.1. The summed E-state index contributed by atoms with van der Waals surface area (Å²) in [7, 11) is 0. The first-order valence-electron chi connectivity index (χ1n) is 10.9. The summed E-state index contributed by atoms with van der Waals surface area (Å²) in [4.78, 5) is 15.2. The molecule has 4 rings (SSSR count). The molecule has 31 heavy (non-hydrogen) atoms. The number of aromatic nitrogens is 2. The van der Waals surface area contributed by atoms with Gasteiger partial charge in [0.2, 0.25) is 5.91 Å². The van der Waals surface area contributed by atoms with Crippen molar-refractivity contribution in [3.8, 4) is 6.07 Å². The second-order valence-electron chi connectivity index (χ2n) is 8.22. The van der Waals surface area contributed by atoms with Gasteiger partial charge in [0.1, 0.15) is 0 Å². The van der Waals surface area contributed by atoms with Gasteiger partial charge in [-0.1, -0.05) is 54.6 Å². The number of fused-ring (bicyclic) bond motifs is 1. The number of hydrogen-bond acceptors (Lipinski definition) is 3. The smallest absolute Gasteiger partial charge is 0.223 e. The lowest BCUT2D eigenvalue weighted by Gasteiger charge is -2.35. The number of rotatable bonds is 6. The predicted molar refractivity (Wildman–Crippen MR) is 120 cm³/mol. The maximum absolute atomic E-state index is 13.2. The average Bonchev–Trinajstić information content (AvgIpc) is 3.08. The summed E-state index contributed by atoms with van der Waals surface area (Å²) in [5, 5.41) is 13.4. The average molecular weight is 413 g/mol. The number of benzene rings is 2. The monoisotopic (exact) mass is 412 g/mol. The topological polar surface area (TPSA) is 61.9 Å². The first-order chi connectivity index (χ1) is 15.1. The molecule has 0 aliphatic carbocycles. The molecule has 0 spiro atoms. The molecular weight excluding hydrogens is 384 g/mol. The molecule has 0 saturated heterocycles. The van der Waals surface area contributed by atoms with Crippen molar-refractivity contribution in [1.29, 1.82) is 5.26 Å². The van der Waals surface area contributed by atoms with Crippen molar-refractivity contribution in [3.05, 3.63) is 88.2 Å². The Morgan fingerprint density at radius 1 is 1.13 bits per heavy atom. The molecule has 5 heteroatoms. The van der Waals surface area contributed by atoms with E-state index in [0.717, 1.165) is 17.0 Å². The molecule has 158 valence electrons. The van der Waals surface area contributed by atoms with E-state index in [1.165, 1.54) is 16.7 Å². The molecule has 0 radical (unpaired) electrons. The predicted octanol–water partition coefficient (Wildman–Crippen LogP) is 4.52. The molecule has 0 saturated carbocycles. The number of nitriles is 1. The molecule has 5 nitrogen and oxygen atoms in total. The van der Waals surface area contributed by atoms with Gasteiger partial charge < -0.3 is 4.90 Å². The van der Waals surface area contributed by atoms with Gasteiger partial charge in [-0.25, -0.2) is 0 Å². The Balaban J connectivity index is 1.50. The Morgan fingerprint density at radius 3 is 2.65 bits per heavy atom. The molecule has 0 unspecified atom stereocenters. The lowest BCUT2D eigenvalue weighted by atomic mass is 9.84. The molecule has 0 bridgehead atoms. The number of carbonyl (C=O) groups is 1. The molecule has 1 aliphatic rings. The summed E-state index contributed by atoms with van der Waals surface area (Å²) < 4.78 is 1.89. The third-order valence-electron chi connectivity index (χ3n) is 6.30. The highest BCUT2D eigenvalue weighted by Crippen LogP contribution is 2.33. The number of carbonyl (C=O) groups excluding carboxylic acids is 1. The van der Waals surface area contributed by atoms with Gasteiger partial charge in [0.15, 0.2) is 0 Å². The number of hydrogen-bond donors (Lipinski definition) is 0. The fourth-order valence-corrected chi connectivity index (χ4v) is 4.63. The van der Waals surface area contributed by atoms with Gasteiger partial charge in [0.25, 0.3) is 0 Å². The highest BCUT2D eigenvalue weighted by Gasteiger charge is 2.29. The summed E-state index contributed by atoms with van der Waals surface area (Å²) in [6.07, 6.45) is 1.58. The zero-order chi connectivity index (χ0) is 21.8. The minimum absolute atomic E-state index is 0.180. The summed E-state index contributed by atoms with van der Waals surface area (Å²) in [5.74, 6) is 0.381. The lowest BCUT2D eigenvalue weighted by Crippen LogP contribution is -2.38. The van der Waals surface area contributed by atoms with E-state index in [2.05, 4.69) is 59.7 Å². The van der Waals surface area contributed by atoms with Gasteiger partial charge in [0.05, 0.1) is 24.7 Å². The van der Waals surface area contributed by atoms with Crippen LogP contribution < -0.4 is 0 Å². The Morgan fingerprint density at radius 2 is 1.87 bits per heavy atom. The van der Waals surface area contributed by atoms with Crippen LogP contribution in [0.5, 0.6) is 0 Å². The second-order valence-corrected chi connectivity index (χ2v) is 8.22. The normalized spacial score (nSPS) is 15.4. The van der Waals surface area contributed by atoms with Gasteiger partial charge in [-0.2, -0.15) is 10.4 Å². The van der Waals surface area contributed by atoms with E-state index in [1.807, 2.05) is 29.5 Å². The van der Waals surface area contributed by atoms with E-state index < -0.39 is 0 Å². The van der Waals surface area contributed by atoms with E-state index in [0.29, 0.717) is 38.9 Å². The van der Waals surface area contributed by atoms with Crippen LogP contribution in [0.15, 0.2) is 54.6 Å². The van der Waals surface area contributed by atoms with Gasteiger partial charge in [-0.3, -0.25) is 9.48 Å². The number of nitrogens with zero attached hydrogens (tertiary/aromatic N) is 4. The second kappa shape index (κ2) is 9.18. The van der Waals surface area contributed by atoms with Crippen molar-refractivity contribution in [1.82, 2.24) is 14.7 Å². The molecule has 3 aromatic rings. The van der Waals surface area contributed by atoms with Crippen LogP contribution in [0.3, 0.4) is 0 Å². The molecular formula is C26H28N4O. The van der Waals surface area contributed by atoms with E-state index >= 15 is 0 Å². The molecule has 2 heterocycles. The van der Waals surface area contributed by atoms with Crippen molar-refractivity contribution in [2.75, 3.05) is 6.54 Å². The van der Waals surface area contributed by atoms with E-state index in [-0.39, 0.29) is 11.8 Å². The molecule has 0 fully saturated rings. The zero-order valence-corrected chi connectivity index (χ0v) is 18.2. The number of aryl methyl sites for hydroxylation is 2. The molecule has 1 aromatic heterocycles. The van der Waals surface area contributed by atoms with Crippen molar-refractivity contribution >= 4 is 5.91 Å². The van der Waals surface area contributed by atoms with E-state index in [9.17, 15) is 4.79 Å². The standard InChI is InChI=1S/C26H28N4O/c1-19-23(20(2)30(28-19)16-8-15-27)13-14-26(31)29-17-22-11-6-7-12-24(22)25(18-29)21-9-4-3-5-10-21/h3-7,9-12,25H,8,13-14,16-18H2,1-2H3/t25-/m1/s1. The summed E-state index contributed by atoms with van der Waals surface area (Å²) in [5.41, 5.74) is 6.94. The van der Waals surface area contributed by atoms with Crippen LogP contribution in [-0.2, 0) is 24.3 Å². The third kappa shape index (κ3) is 4.39. The zero-order valence-electron chi connectivity index (χ0n) is 18.2. The minimum Gasteiger partial charge on any atom is -0.337 e. The Labute approximate surface area is 183 Å². The van der Waals surface area contributed by atoms with Crippen LogP contribution in [0.4, 0.5) is 0 Å². The largest absolute Gasteiger partial charge is 0.337 e. The molecule has 1 atom stereocenters. The summed E-state index contributed by atoms with van der Waals surface area (Å²) in [6.45, 7) is 5.98. The van der Waals surface area contributed by atoms with Crippen LogP contribution in [0.2, 0.25) is 0 Å². The maximum Gasteiger partial charge on any atom is 0.223 e. The van der Waals surface area contributed by atoms with Crippen molar-refractivity contribution in [2.45, 2.75) is 52.1 Å². The lowest BCUT2D eigenvalue weighted by molar-refractivity contribution is -0.132. The molecule has 1 amide bonds.